The summed E-state index contributed by atoms with van der Waals surface area (Å²) in [4.78, 5) is 0. The van der Waals surface area contributed by atoms with Crippen LogP contribution in [0, 0.1) is 0 Å². The number of aliphatic hydroxyl groups excluding tert-OH is 2. The van der Waals surface area contributed by atoms with E-state index in [1.807, 2.05) is 0 Å². The molecule has 0 spiro atoms. The minimum atomic E-state index is -0.538. The van der Waals surface area contributed by atoms with Gasteiger partial charge in [-0.15, -0.1) is 23.2 Å². The maximum Gasteiger partial charge on any atom is 0.0908 e. The van der Waals surface area contributed by atoms with Gasteiger partial charge in [-0.2, -0.15) is 0 Å². The Hall–Kier alpha value is 0.420. The summed E-state index contributed by atoms with van der Waals surface area (Å²) in [5.74, 6) is 0.469. The minimum absolute atomic E-state index is 0.234. The monoisotopic (exact) mass is 358 g/mol. The molecular formula is C16H32Cl2O4. The van der Waals surface area contributed by atoms with Crippen LogP contribution < -0.4 is 0 Å². The highest BCUT2D eigenvalue weighted by molar-refractivity contribution is 6.18. The van der Waals surface area contributed by atoms with Crippen LogP contribution in [0.4, 0.5) is 0 Å². The van der Waals surface area contributed by atoms with E-state index < -0.39 is 12.2 Å². The lowest BCUT2D eigenvalue weighted by atomic mass is 10.1. The lowest BCUT2D eigenvalue weighted by molar-refractivity contribution is 0.0458. The van der Waals surface area contributed by atoms with Gasteiger partial charge in [0, 0.05) is 13.2 Å². The number of hydrogen-bond acceptors (Lipinski definition) is 4. The molecule has 4 nitrogen and oxygen atoms in total. The summed E-state index contributed by atoms with van der Waals surface area (Å²) < 4.78 is 10.6. The third-order valence-corrected chi connectivity index (χ3v) is 4.02. The second kappa shape index (κ2) is 17.8. The van der Waals surface area contributed by atoms with Crippen molar-refractivity contribution in [1.29, 1.82) is 0 Å². The fourth-order valence-corrected chi connectivity index (χ4v) is 2.17. The van der Waals surface area contributed by atoms with Crippen molar-refractivity contribution < 1.29 is 19.7 Å². The Morgan fingerprint density at radius 1 is 0.591 bits per heavy atom. The second-order valence-corrected chi connectivity index (χ2v) is 6.21. The molecule has 0 bridgehead atoms. The highest BCUT2D eigenvalue weighted by Gasteiger charge is 2.01. The van der Waals surface area contributed by atoms with Crippen molar-refractivity contribution in [3.8, 4) is 0 Å². The van der Waals surface area contributed by atoms with Crippen molar-refractivity contribution in [3.05, 3.63) is 0 Å². The quantitative estimate of drug-likeness (QED) is 0.309. The normalized spacial score (nSPS) is 14.2. The summed E-state index contributed by atoms with van der Waals surface area (Å²) in [7, 11) is 0. The zero-order valence-corrected chi connectivity index (χ0v) is 15.0. The predicted molar refractivity (Wildman–Crippen MR) is 92.0 cm³/mol. The van der Waals surface area contributed by atoms with Gasteiger partial charge in [0.05, 0.1) is 37.2 Å². The molecule has 0 aliphatic heterocycles. The molecule has 0 fully saturated rings. The molecule has 0 aromatic rings. The fourth-order valence-electron chi connectivity index (χ4n) is 2.00. The molecule has 0 heterocycles. The summed E-state index contributed by atoms with van der Waals surface area (Å²) >= 11 is 10.9. The highest BCUT2D eigenvalue weighted by atomic mass is 35.5. The number of aliphatic hydroxyl groups is 2. The Bertz CT molecular complexity index is 198. The zero-order chi connectivity index (χ0) is 16.5. The topological polar surface area (TPSA) is 58.9 Å². The van der Waals surface area contributed by atoms with E-state index >= 15 is 0 Å². The van der Waals surface area contributed by atoms with E-state index in [2.05, 4.69) is 0 Å². The molecule has 2 atom stereocenters. The smallest absolute Gasteiger partial charge is 0.0908 e. The van der Waals surface area contributed by atoms with Crippen LogP contribution >= 0.6 is 23.2 Å². The Morgan fingerprint density at radius 2 is 0.909 bits per heavy atom. The van der Waals surface area contributed by atoms with Crippen molar-refractivity contribution in [2.24, 2.45) is 0 Å². The third-order valence-electron chi connectivity index (χ3n) is 3.30. The molecule has 0 aromatic heterocycles. The number of hydrogen-bond donors (Lipinski definition) is 2. The zero-order valence-electron chi connectivity index (χ0n) is 13.5. The van der Waals surface area contributed by atoms with Crippen molar-refractivity contribution >= 4 is 23.2 Å². The van der Waals surface area contributed by atoms with E-state index in [0.29, 0.717) is 26.4 Å². The largest absolute Gasteiger partial charge is 0.389 e. The van der Waals surface area contributed by atoms with Gasteiger partial charge >= 0.3 is 0 Å². The first kappa shape index (κ1) is 22.4. The molecule has 134 valence electrons. The molecule has 6 heteroatoms. The van der Waals surface area contributed by atoms with Gasteiger partial charge in [0.15, 0.2) is 0 Å². The number of unbranched alkanes of at least 4 members (excludes halogenated alkanes) is 7. The standard InChI is InChI=1S/C16H32Cl2O4/c17-11-15(19)13-21-9-7-5-3-1-2-4-6-8-10-22-14-16(20)12-18/h15-16,19-20H,1-14H2. The minimum Gasteiger partial charge on any atom is -0.389 e. The van der Waals surface area contributed by atoms with E-state index in [1.165, 1.54) is 38.5 Å². The summed E-state index contributed by atoms with van der Waals surface area (Å²) in [6.07, 6.45) is 8.36. The second-order valence-electron chi connectivity index (χ2n) is 5.59. The molecule has 0 saturated heterocycles. The van der Waals surface area contributed by atoms with E-state index in [9.17, 15) is 10.2 Å². The third kappa shape index (κ3) is 16.8. The molecule has 0 aliphatic carbocycles. The molecular weight excluding hydrogens is 327 g/mol. The Kier molecular flexibility index (Phi) is 18.1. The van der Waals surface area contributed by atoms with Gasteiger partial charge < -0.3 is 19.7 Å². The van der Waals surface area contributed by atoms with Crippen LogP contribution in [0.2, 0.25) is 0 Å². The van der Waals surface area contributed by atoms with Gasteiger partial charge in [0.1, 0.15) is 0 Å². The van der Waals surface area contributed by atoms with Gasteiger partial charge in [-0.05, 0) is 12.8 Å². The van der Waals surface area contributed by atoms with Crippen molar-refractivity contribution in [3.63, 3.8) is 0 Å². The predicted octanol–water partition coefficient (Wildman–Crippen LogP) is 3.34. The van der Waals surface area contributed by atoms with Crippen LogP contribution in [0.25, 0.3) is 0 Å². The summed E-state index contributed by atoms with van der Waals surface area (Å²) in [6.45, 7) is 2.10. The first-order valence-electron chi connectivity index (χ1n) is 8.34. The Labute approximate surface area is 145 Å². The molecule has 0 radical (unpaired) electrons. The van der Waals surface area contributed by atoms with Crippen molar-refractivity contribution in [1.82, 2.24) is 0 Å². The van der Waals surface area contributed by atoms with E-state index in [1.54, 1.807) is 0 Å². The molecule has 0 rings (SSSR count). The molecule has 2 N–H and O–H groups in total. The molecule has 0 saturated carbocycles. The first-order chi connectivity index (χ1) is 10.7. The van der Waals surface area contributed by atoms with Crippen LogP contribution in [-0.2, 0) is 9.47 Å². The Balaban J connectivity index is 3.03. The lowest BCUT2D eigenvalue weighted by Gasteiger charge is -2.08. The van der Waals surface area contributed by atoms with Gasteiger partial charge in [0.25, 0.3) is 0 Å². The van der Waals surface area contributed by atoms with Crippen LogP contribution in [-0.4, -0.2) is 60.6 Å². The number of halogens is 2. The summed E-state index contributed by atoms with van der Waals surface area (Å²) in [6, 6.07) is 0. The van der Waals surface area contributed by atoms with Gasteiger partial charge in [0.2, 0.25) is 0 Å². The lowest BCUT2D eigenvalue weighted by Crippen LogP contribution is -2.17. The molecule has 0 aromatic carbocycles. The van der Waals surface area contributed by atoms with Crippen LogP contribution in [0.1, 0.15) is 51.4 Å². The highest BCUT2D eigenvalue weighted by Crippen LogP contribution is 2.09. The average Bonchev–Trinajstić information content (AvgIpc) is 2.54. The summed E-state index contributed by atoms with van der Waals surface area (Å²) in [5.41, 5.74) is 0. The van der Waals surface area contributed by atoms with Crippen molar-refractivity contribution in [2.45, 2.75) is 63.6 Å². The number of alkyl halides is 2. The molecule has 0 amide bonds. The van der Waals surface area contributed by atoms with E-state index in [0.717, 1.165) is 12.8 Å². The Morgan fingerprint density at radius 3 is 1.23 bits per heavy atom. The van der Waals surface area contributed by atoms with Crippen LogP contribution in [0.5, 0.6) is 0 Å². The van der Waals surface area contributed by atoms with Gasteiger partial charge in [-0.25, -0.2) is 0 Å². The van der Waals surface area contributed by atoms with Gasteiger partial charge in [-0.3, -0.25) is 0 Å². The number of ether oxygens (including phenoxy) is 2. The number of rotatable bonds is 17. The molecule has 22 heavy (non-hydrogen) atoms. The molecule has 2 unspecified atom stereocenters. The van der Waals surface area contributed by atoms with Crippen LogP contribution in [0.15, 0.2) is 0 Å². The summed E-state index contributed by atoms with van der Waals surface area (Å²) in [5, 5.41) is 18.4. The van der Waals surface area contributed by atoms with E-state index in [4.69, 9.17) is 32.7 Å². The van der Waals surface area contributed by atoms with Gasteiger partial charge in [-0.1, -0.05) is 38.5 Å². The van der Waals surface area contributed by atoms with E-state index in [-0.39, 0.29) is 11.8 Å². The van der Waals surface area contributed by atoms with Crippen LogP contribution in [0.3, 0.4) is 0 Å². The fraction of sp³-hybridized carbons (Fsp3) is 1.00. The maximum atomic E-state index is 9.19. The van der Waals surface area contributed by atoms with Crippen molar-refractivity contribution in [2.75, 3.05) is 38.2 Å². The average molecular weight is 359 g/mol. The maximum absolute atomic E-state index is 9.19. The SMILES string of the molecule is OC(CCl)COCCCCCCCCCCOCC(O)CCl. The molecule has 0 aliphatic rings. The first-order valence-corrected chi connectivity index (χ1v) is 9.41.